The molecule has 1 saturated heterocycles. The van der Waals surface area contributed by atoms with Crippen LogP contribution in [0.1, 0.15) is 34.8 Å². The minimum atomic E-state index is -0.772. The summed E-state index contributed by atoms with van der Waals surface area (Å²) in [6.45, 7) is 6.95. The second kappa shape index (κ2) is 7.82. The summed E-state index contributed by atoms with van der Waals surface area (Å²) in [5, 5.41) is 12.7. The maximum atomic E-state index is 13.1. The second-order valence-corrected chi connectivity index (χ2v) is 7.38. The summed E-state index contributed by atoms with van der Waals surface area (Å²) in [6, 6.07) is 13.5. The number of carboxylic acid groups (broad SMARTS) is 1. The standard InChI is InChI=1S/C22H26N2O3/c1-14-7-6-10-19(16(14)3)23-20-9-5-4-8-18(20)21(25)24-12-11-17(22(26)27)15(2)13-24/h4-10,15,17,23H,11-13H2,1-3H3,(H,26,27). The first-order valence-electron chi connectivity index (χ1n) is 9.33. The van der Waals surface area contributed by atoms with Gasteiger partial charge in [0, 0.05) is 18.8 Å². The average Bonchev–Trinajstić information content (AvgIpc) is 2.65. The van der Waals surface area contributed by atoms with Gasteiger partial charge in [-0.15, -0.1) is 0 Å². The molecule has 2 atom stereocenters. The van der Waals surface area contributed by atoms with E-state index < -0.39 is 5.97 Å². The van der Waals surface area contributed by atoms with Crippen LogP contribution in [0.2, 0.25) is 0 Å². The predicted octanol–water partition coefficient (Wildman–Crippen LogP) is 4.23. The summed E-state index contributed by atoms with van der Waals surface area (Å²) >= 11 is 0. The lowest BCUT2D eigenvalue weighted by molar-refractivity contribution is -0.145. The lowest BCUT2D eigenvalue weighted by atomic mass is 9.86. The molecule has 1 aliphatic rings. The van der Waals surface area contributed by atoms with Gasteiger partial charge < -0.3 is 15.3 Å². The zero-order chi connectivity index (χ0) is 19.6. The van der Waals surface area contributed by atoms with Crippen molar-refractivity contribution in [1.82, 2.24) is 4.90 Å². The number of hydrogen-bond donors (Lipinski definition) is 2. The van der Waals surface area contributed by atoms with Gasteiger partial charge in [-0.1, -0.05) is 31.2 Å². The molecule has 5 heteroatoms. The first-order valence-corrected chi connectivity index (χ1v) is 9.33. The number of rotatable bonds is 4. The third-order valence-corrected chi connectivity index (χ3v) is 5.54. The number of piperidine rings is 1. The van der Waals surface area contributed by atoms with Crippen molar-refractivity contribution >= 4 is 23.3 Å². The molecule has 0 saturated carbocycles. The second-order valence-electron chi connectivity index (χ2n) is 7.38. The molecular formula is C22H26N2O3. The van der Waals surface area contributed by atoms with Crippen molar-refractivity contribution in [2.45, 2.75) is 27.2 Å². The number of likely N-dealkylation sites (tertiary alicyclic amines) is 1. The number of para-hydroxylation sites is 1. The number of carbonyl (C=O) groups is 2. The number of benzene rings is 2. The highest BCUT2D eigenvalue weighted by atomic mass is 16.4. The number of carbonyl (C=O) groups excluding carboxylic acids is 1. The van der Waals surface area contributed by atoms with E-state index in [2.05, 4.69) is 25.2 Å². The summed E-state index contributed by atoms with van der Waals surface area (Å²) in [6.07, 6.45) is 0.495. The molecule has 142 valence electrons. The molecule has 5 nitrogen and oxygen atoms in total. The molecule has 1 amide bonds. The number of amides is 1. The number of nitrogens with zero attached hydrogens (tertiary/aromatic N) is 1. The highest BCUT2D eigenvalue weighted by Gasteiger charge is 2.33. The Kier molecular flexibility index (Phi) is 5.49. The lowest BCUT2D eigenvalue weighted by Crippen LogP contribution is -2.45. The van der Waals surface area contributed by atoms with Crippen LogP contribution in [0.3, 0.4) is 0 Å². The van der Waals surface area contributed by atoms with Crippen LogP contribution in [0.4, 0.5) is 11.4 Å². The van der Waals surface area contributed by atoms with Crippen LogP contribution in [0, 0.1) is 25.7 Å². The number of hydrogen-bond acceptors (Lipinski definition) is 3. The molecule has 0 bridgehead atoms. The normalized spacial score (nSPS) is 19.6. The Bertz CT molecular complexity index is 862. The van der Waals surface area contributed by atoms with Gasteiger partial charge in [-0.3, -0.25) is 9.59 Å². The molecule has 2 N–H and O–H groups in total. The van der Waals surface area contributed by atoms with Crippen LogP contribution in [0.25, 0.3) is 0 Å². The fourth-order valence-corrected chi connectivity index (χ4v) is 3.68. The number of aliphatic carboxylic acids is 1. The molecule has 3 rings (SSSR count). The van der Waals surface area contributed by atoms with Crippen molar-refractivity contribution in [1.29, 1.82) is 0 Å². The topological polar surface area (TPSA) is 69.6 Å². The van der Waals surface area contributed by atoms with E-state index in [1.807, 2.05) is 43.3 Å². The quantitative estimate of drug-likeness (QED) is 0.850. The van der Waals surface area contributed by atoms with Crippen LogP contribution in [0.15, 0.2) is 42.5 Å². The molecule has 2 unspecified atom stereocenters. The molecule has 2 aromatic rings. The van der Waals surface area contributed by atoms with E-state index in [1.54, 1.807) is 4.90 Å². The molecule has 27 heavy (non-hydrogen) atoms. The van der Waals surface area contributed by atoms with Gasteiger partial charge in [0.25, 0.3) is 5.91 Å². The summed E-state index contributed by atoms with van der Waals surface area (Å²) in [7, 11) is 0. The van der Waals surface area contributed by atoms with Gasteiger partial charge in [0.15, 0.2) is 0 Å². The van der Waals surface area contributed by atoms with Gasteiger partial charge in [0.05, 0.1) is 17.2 Å². The van der Waals surface area contributed by atoms with Gasteiger partial charge in [-0.05, 0) is 55.5 Å². The molecule has 1 aliphatic heterocycles. The van der Waals surface area contributed by atoms with Crippen molar-refractivity contribution in [3.63, 3.8) is 0 Å². The molecule has 0 spiro atoms. The van der Waals surface area contributed by atoms with Crippen molar-refractivity contribution in [2.24, 2.45) is 11.8 Å². The molecule has 1 heterocycles. The van der Waals surface area contributed by atoms with Crippen LogP contribution in [-0.4, -0.2) is 35.0 Å². The van der Waals surface area contributed by atoms with Crippen molar-refractivity contribution < 1.29 is 14.7 Å². The summed E-state index contributed by atoms with van der Waals surface area (Å²) in [5.74, 6) is -1.26. The molecule has 0 radical (unpaired) electrons. The smallest absolute Gasteiger partial charge is 0.306 e. The zero-order valence-corrected chi connectivity index (χ0v) is 16.0. The Hall–Kier alpha value is -2.82. The van der Waals surface area contributed by atoms with Crippen LogP contribution in [0.5, 0.6) is 0 Å². The largest absolute Gasteiger partial charge is 0.481 e. The van der Waals surface area contributed by atoms with E-state index in [1.165, 1.54) is 5.56 Å². The summed E-state index contributed by atoms with van der Waals surface area (Å²) in [4.78, 5) is 26.2. The monoisotopic (exact) mass is 366 g/mol. The Morgan fingerprint density at radius 3 is 2.48 bits per heavy atom. The maximum absolute atomic E-state index is 13.1. The first-order chi connectivity index (χ1) is 12.9. The van der Waals surface area contributed by atoms with Crippen molar-refractivity contribution in [2.75, 3.05) is 18.4 Å². The Balaban J connectivity index is 1.82. The number of anilines is 2. The van der Waals surface area contributed by atoms with Gasteiger partial charge >= 0.3 is 5.97 Å². The van der Waals surface area contributed by atoms with Gasteiger partial charge in [-0.2, -0.15) is 0 Å². The summed E-state index contributed by atoms with van der Waals surface area (Å²) in [5.41, 5.74) is 4.70. The number of nitrogens with one attached hydrogen (secondary N) is 1. The molecule has 1 fully saturated rings. The molecule has 0 aromatic heterocycles. The number of aryl methyl sites for hydroxylation is 1. The van der Waals surface area contributed by atoms with Crippen molar-refractivity contribution in [3.8, 4) is 0 Å². The third kappa shape index (κ3) is 3.97. The van der Waals surface area contributed by atoms with E-state index in [4.69, 9.17) is 0 Å². The van der Waals surface area contributed by atoms with E-state index in [0.29, 0.717) is 25.1 Å². The van der Waals surface area contributed by atoms with E-state index in [9.17, 15) is 14.7 Å². The fourth-order valence-electron chi connectivity index (χ4n) is 3.68. The van der Waals surface area contributed by atoms with Crippen molar-refractivity contribution in [3.05, 3.63) is 59.2 Å². The maximum Gasteiger partial charge on any atom is 0.306 e. The van der Waals surface area contributed by atoms with Crippen LogP contribution in [-0.2, 0) is 4.79 Å². The first kappa shape index (κ1) is 19.0. The fraction of sp³-hybridized carbons (Fsp3) is 0.364. The van der Waals surface area contributed by atoms with Gasteiger partial charge in [-0.25, -0.2) is 0 Å². The Morgan fingerprint density at radius 2 is 1.78 bits per heavy atom. The Morgan fingerprint density at radius 1 is 1.07 bits per heavy atom. The molecular weight excluding hydrogens is 340 g/mol. The minimum absolute atomic E-state index is 0.0562. The van der Waals surface area contributed by atoms with Crippen LogP contribution < -0.4 is 5.32 Å². The zero-order valence-electron chi connectivity index (χ0n) is 16.0. The Labute approximate surface area is 160 Å². The van der Waals surface area contributed by atoms with Gasteiger partial charge in [0.2, 0.25) is 0 Å². The highest BCUT2D eigenvalue weighted by molar-refractivity contribution is 6.00. The average molecular weight is 366 g/mol. The SMILES string of the molecule is Cc1cccc(Nc2ccccc2C(=O)N2CCC(C(=O)O)C(C)C2)c1C. The molecule has 0 aliphatic carbocycles. The molecule has 2 aromatic carbocycles. The minimum Gasteiger partial charge on any atom is -0.481 e. The third-order valence-electron chi connectivity index (χ3n) is 5.54. The highest BCUT2D eigenvalue weighted by Crippen LogP contribution is 2.29. The van der Waals surface area contributed by atoms with E-state index in [-0.39, 0.29) is 17.7 Å². The lowest BCUT2D eigenvalue weighted by Gasteiger charge is -2.35. The van der Waals surface area contributed by atoms with Crippen LogP contribution >= 0.6 is 0 Å². The number of carboxylic acids is 1. The van der Waals surface area contributed by atoms with E-state index in [0.717, 1.165) is 16.9 Å². The summed E-state index contributed by atoms with van der Waals surface area (Å²) < 4.78 is 0. The van der Waals surface area contributed by atoms with E-state index >= 15 is 0 Å². The van der Waals surface area contributed by atoms with Gasteiger partial charge in [0.1, 0.15) is 0 Å². The predicted molar refractivity (Wildman–Crippen MR) is 106 cm³/mol.